The van der Waals surface area contributed by atoms with Gasteiger partial charge in [0.15, 0.2) is 6.10 Å². The van der Waals surface area contributed by atoms with Crippen LogP contribution in [0.1, 0.15) is 12.5 Å². The van der Waals surface area contributed by atoms with Crippen LogP contribution in [-0.2, 0) is 9.53 Å². The number of hydrogen-bond acceptors (Lipinski definition) is 4. The van der Waals surface area contributed by atoms with Gasteiger partial charge in [-0.05, 0) is 19.1 Å². The van der Waals surface area contributed by atoms with Gasteiger partial charge in [-0.1, -0.05) is 0 Å². The van der Waals surface area contributed by atoms with E-state index in [1.54, 1.807) is 12.1 Å². The van der Waals surface area contributed by atoms with Gasteiger partial charge in [-0.15, -0.1) is 0 Å². The highest BCUT2D eigenvalue weighted by molar-refractivity contribution is 5.74. The zero-order chi connectivity index (χ0) is 12.0. The zero-order valence-electron chi connectivity index (χ0n) is 8.62. The van der Waals surface area contributed by atoms with Gasteiger partial charge in [0.1, 0.15) is 5.76 Å². The standard InChI is InChI=1S/C11H10N2O3/c1-8(11(14)15)16-10(2-5-12)9-3-6-13-7-4-9/h2-4,6-8H,1H3,(H,14,15)/b10-2-. The highest BCUT2D eigenvalue weighted by atomic mass is 16.5. The number of aromatic nitrogens is 1. The molecule has 16 heavy (non-hydrogen) atoms. The molecule has 1 aromatic rings. The number of carbonyl (C=O) groups is 1. The number of allylic oxidation sites excluding steroid dienone is 1. The summed E-state index contributed by atoms with van der Waals surface area (Å²) in [5, 5.41) is 17.3. The summed E-state index contributed by atoms with van der Waals surface area (Å²) in [5.41, 5.74) is 0.615. The third-order valence-corrected chi connectivity index (χ3v) is 1.81. The minimum atomic E-state index is -1.09. The van der Waals surface area contributed by atoms with Crippen LogP contribution >= 0.6 is 0 Å². The predicted octanol–water partition coefficient (Wildman–Crippen LogP) is 1.44. The molecule has 1 aromatic heterocycles. The lowest BCUT2D eigenvalue weighted by Crippen LogP contribution is -2.19. The van der Waals surface area contributed by atoms with E-state index in [0.29, 0.717) is 5.56 Å². The fraction of sp³-hybridized carbons (Fsp3) is 0.182. The van der Waals surface area contributed by atoms with Crippen LogP contribution in [-0.4, -0.2) is 22.2 Å². The highest BCUT2D eigenvalue weighted by Gasteiger charge is 2.14. The second-order valence-corrected chi connectivity index (χ2v) is 2.97. The van der Waals surface area contributed by atoms with Crippen LogP contribution in [0.15, 0.2) is 30.6 Å². The Balaban J connectivity index is 2.91. The van der Waals surface area contributed by atoms with Crippen molar-refractivity contribution in [2.24, 2.45) is 0 Å². The lowest BCUT2D eigenvalue weighted by molar-refractivity contribution is -0.145. The van der Waals surface area contributed by atoms with Crippen LogP contribution in [0.3, 0.4) is 0 Å². The third kappa shape index (κ3) is 3.10. The molecule has 1 heterocycles. The van der Waals surface area contributed by atoms with Crippen molar-refractivity contribution in [3.05, 3.63) is 36.2 Å². The molecule has 0 spiro atoms. The third-order valence-electron chi connectivity index (χ3n) is 1.81. The summed E-state index contributed by atoms with van der Waals surface area (Å²) in [6.07, 6.45) is 3.23. The molecule has 0 aliphatic heterocycles. The van der Waals surface area contributed by atoms with Gasteiger partial charge < -0.3 is 9.84 Å². The van der Waals surface area contributed by atoms with Crippen molar-refractivity contribution in [3.63, 3.8) is 0 Å². The minimum absolute atomic E-state index is 0.222. The molecule has 1 rings (SSSR count). The summed E-state index contributed by atoms with van der Waals surface area (Å²) in [4.78, 5) is 14.4. The number of pyridine rings is 1. The Labute approximate surface area is 92.6 Å². The average Bonchev–Trinajstić information content (AvgIpc) is 2.29. The molecule has 82 valence electrons. The molecule has 1 N–H and O–H groups in total. The van der Waals surface area contributed by atoms with Gasteiger partial charge in [0.25, 0.3) is 0 Å². The van der Waals surface area contributed by atoms with E-state index in [1.165, 1.54) is 19.3 Å². The summed E-state index contributed by atoms with van der Waals surface area (Å²) in [6, 6.07) is 5.08. The van der Waals surface area contributed by atoms with Crippen LogP contribution in [0, 0.1) is 11.3 Å². The fourth-order valence-corrected chi connectivity index (χ4v) is 1.00. The Bertz CT molecular complexity index is 434. The van der Waals surface area contributed by atoms with E-state index < -0.39 is 12.1 Å². The first-order chi connectivity index (χ1) is 7.65. The number of nitrogens with zero attached hydrogens (tertiary/aromatic N) is 2. The van der Waals surface area contributed by atoms with Gasteiger partial charge in [-0.3, -0.25) is 4.98 Å². The van der Waals surface area contributed by atoms with Gasteiger partial charge in [0.05, 0.1) is 12.1 Å². The summed E-state index contributed by atoms with van der Waals surface area (Å²) < 4.78 is 5.15. The van der Waals surface area contributed by atoms with Crippen LogP contribution < -0.4 is 0 Å². The van der Waals surface area contributed by atoms with Crippen LogP contribution in [0.5, 0.6) is 0 Å². The molecule has 5 nitrogen and oxygen atoms in total. The molecule has 1 atom stereocenters. The van der Waals surface area contributed by atoms with Gasteiger partial charge in [-0.25, -0.2) is 4.79 Å². The average molecular weight is 218 g/mol. The lowest BCUT2D eigenvalue weighted by Gasteiger charge is -2.12. The Morgan fingerprint density at radius 3 is 2.75 bits per heavy atom. The summed E-state index contributed by atoms with van der Waals surface area (Å²) in [5.74, 6) is -0.863. The van der Waals surface area contributed by atoms with Gasteiger partial charge in [-0.2, -0.15) is 5.26 Å². The molecular weight excluding hydrogens is 208 g/mol. The SMILES string of the molecule is CC(O/C(=C\C#N)c1ccncc1)C(=O)O. The second kappa shape index (κ2) is 5.51. The van der Waals surface area contributed by atoms with E-state index in [2.05, 4.69) is 4.98 Å². The molecule has 0 saturated carbocycles. The highest BCUT2D eigenvalue weighted by Crippen LogP contribution is 2.16. The molecule has 0 fully saturated rings. The van der Waals surface area contributed by atoms with Crippen LogP contribution in [0.25, 0.3) is 5.76 Å². The van der Waals surface area contributed by atoms with Crippen molar-refractivity contribution in [2.45, 2.75) is 13.0 Å². The minimum Gasteiger partial charge on any atom is -0.479 e. The van der Waals surface area contributed by atoms with E-state index in [4.69, 9.17) is 15.1 Å². The molecule has 0 saturated heterocycles. The van der Waals surface area contributed by atoms with Gasteiger partial charge in [0.2, 0.25) is 0 Å². The molecule has 0 amide bonds. The zero-order valence-corrected chi connectivity index (χ0v) is 8.62. The van der Waals surface area contributed by atoms with E-state index >= 15 is 0 Å². The maximum atomic E-state index is 10.6. The van der Waals surface area contributed by atoms with Crippen molar-refractivity contribution in [1.29, 1.82) is 5.26 Å². The molecule has 0 aliphatic rings. The van der Waals surface area contributed by atoms with Crippen molar-refractivity contribution < 1.29 is 14.6 Å². The van der Waals surface area contributed by atoms with Crippen molar-refractivity contribution in [1.82, 2.24) is 4.98 Å². The Morgan fingerprint density at radius 1 is 1.62 bits per heavy atom. The van der Waals surface area contributed by atoms with Gasteiger partial charge >= 0.3 is 5.97 Å². The molecule has 1 unspecified atom stereocenters. The van der Waals surface area contributed by atoms with Crippen molar-refractivity contribution in [2.75, 3.05) is 0 Å². The van der Waals surface area contributed by atoms with E-state index in [9.17, 15) is 4.79 Å². The van der Waals surface area contributed by atoms with Crippen LogP contribution in [0.2, 0.25) is 0 Å². The first-order valence-electron chi connectivity index (χ1n) is 4.54. The van der Waals surface area contributed by atoms with Gasteiger partial charge in [0, 0.05) is 18.0 Å². The number of aliphatic carboxylic acids is 1. The molecule has 0 aliphatic carbocycles. The van der Waals surface area contributed by atoms with E-state index in [-0.39, 0.29) is 5.76 Å². The smallest absolute Gasteiger partial charge is 0.344 e. The Hall–Kier alpha value is -2.35. The van der Waals surface area contributed by atoms with E-state index in [1.807, 2.05) is 6.07 Å². The lowest BCUT2D eigenvalue weighted by atomic mass is 10.2. The fourth-order valence-electron chi connectivity index (χ4n) is 1.00. The maximum Gasteiger partial charge on any atom is 0.344 e. The van der Waals surface area contributed by atoms with Crippen molar-refractivity contribution in [3.8, 4) is 6.07 Å². The first kappa shape index (κ1) is 11.7. The summed E-state index contributed by atoms with van der Waals surface area (Å²) >= 11 is 0. The number of carboxylic acid groups (broad SMARTS) is 1. The topological polar surface area (TPSA) is 83.2 Å². The van der Waals surface area contributed by atoms with Crippen molar-refractivity contribution >= 4 is 11.7 Å². The normalized spacial score (nSPS) is 12.6. The number of nitriles is 1. The molecule has 5 heteroatoms. The quantitative estimate of drug-likeness (QED) is 0.610. The number of carboxylic acids is 1. The second-order valence-electron chi connectivity index (χ2n) is 2.97. The molecule has 0 radical (unpaired) electrons. The predicted molar refractivity (Wildman–Crippen MR) is 56.0 cm³/mol. The van der Waals surface area contributed by atoms with E-state index in [0.717, 1.165) is 6.08 Å². The number of ether oxygens (including phenoxy) is 1. The first-order valence-corrected chi connectivity index (χ1v) is 4.54. The molecule has 0 aromatic carbocycles. The summed E-state index contributed by atoms with van der Waals surface area (Å²) in [6.45, 7) is 1.40. The molecular formula is C11H10N2O3. The maximum absolute atomic E-state index is 10.6. The Kier molecular flexibility index (Phi) is 4.04. The number of hydrogen-bond donors (Lipinski definition) is 1. The summed E-state index contributed by atoms with van der Waals surface area (Å²) in [7, 11) is 0. The largest absolute Gasteiger partial charge is 0.479 e. The van der Waals surface area contributed by atoms with Crippen LogP contribution in [0.4, 0.5) is 0 Å². The molecule has 0 bridgehead atoms. The monoisotopic (exact) mass is 218 g/mol. The number of rotatable bonds is 4. The Morgan fingerprint density at radius 2 is 2.25 bits per heavy atom.